The molecule has 3 aromatic rings. The molecule has 9 heteroatoms. The molecule has 2 amide bonds. The Morgan fingerprint density at radius 3 is 2.31 bits per heavy atom. The van der Waals surface area contributed by atoms with Crippen LogP contribution in [-0.2, 0) is 14.3 Å². The largest absolute Gasteiger partial charge is 0.462 e. The van der Waals surface area contributed by atoms with E-state index >= 15 is 0 Å². The number of anilines is 1. The summed E-state index contributed by atoms with van der Waals surface area (Å²) in [4.78, 5) is 49.0. The van der Waals surface area contributed by atoms with Crippen molar-refractivity contribution in [3.05, 3.63) is 77.4 Å². The Kier molecular flexibility index (Phi) is 7.35. The molecule has 0 saturated heterocycles. The van der Waals surface area contributed by atoms with Crippen LogP contribution >= 0.6 is 11.3 Å². The van der Waals surface area contributed by atoms with Gasteiger partial charge in [0.25, 0.3) is 5.91 Å². The maximum Gasteiger partial charge on any atom is 0.341 e. The molecule has 0 fully saturated rings. The third-order valence-corrected chi connectivity index (χ3v) is 5.36. The zero-order valence-corrected chi connectivity index (χ0v) is 17.9. The highest BCUT2D eigenvalue weighted by molar-refractivity contribution is 7.20. The van der Waals surface area contributed by atoms with Crippen molar-refractivity contribution < 1.29 is 28.7 Å². The number of rotatable bonds is 8. The molecule has 1 heterocycles. The number of hydrogen-bond acceptors (Lipinski definition) is 7. The van der Waals surface area contributed by atoms with Crippen molar-refractivity contribution in [1.82, 2.24) is 0 Å². The number of esters is 2. The molecular formula is C23H20N2O6S. The molecule has 0 unspecified atom stereocenters. The quantitative estimate of drug-likeness (QED) is 0.504. The van der Waals surface area contributed by atoms with Gasteiger partial charge in [-0.1, -0.05) is 36.4 Å². The summed E-state index contributed by atoms with van der Waals surface area (Å²) in [5.41, 5.74) is 6.53. The number of thiophene rings is 1. The Labute approximate surface area is 188 Å². The summed E-state index contributed by atoms with van der Waals surface area (Å²) in [5, 5.41) is 2.89. The summed E-state index contributed by atoms with van der Waals surface area (Å²) < 4.78 is 10.1. The molecule has 3 rings (SSSR count). The van der Waals surface area contributed by atoms with E-state index in [-0.39, 0.29) is 23.3 Å². The fourth-order valence-electron chi connectivity index (χ4n) is 2.77. The molecule has 164 valence electrons. The highest BCUT2D eigenvalue weighted by Gasteiger charge is 2.20. The van der Waals surface area contributed by atoms with E-state index in [2.05, 4.69) is 5.32 Å². The molecule has 0 aliphatic heterocycles. The number of nitrogens with two attached hydrogens (primary N) is 1. The van der Waals surface area contributed by atoms with Crippen LogP contribution in [0, 0.1) is 0 Å². The number of primary amides is 1. The lowest BCUT2D eigenvalue weighted by Gasteiger charge is -2.07. The first-order valence-corrected chi connectivity index (χ1v) is 10.4. The lowest BCUT2D eigenvalue weighted by Crippen LogP contribution is -2.22. The van der Waals surface area contributed by atoms with Gasteiger partial charge in [-0.3, -0.25) is 9.59 Å². The van der Waals surface area contributed by atoms with Gasteiger partial charge in [-0.15, -0.1) is 11.3 Å². The average molecular weight is 452 g/mol. The predicted molar refractivity (Wildman–Crippen MR) is 120 cm³/mol. The van der Waals surface area contributed by atoms with E-state index in [9.17, 15) is 19.2 Å². The van der Waals surface area contributed by atoms with Crippen LogP contribution in [0.4, 0.5) is 5.00 Å². The summed E-state index contributed by atoms with van der Waals surface area (Å²) in [7, 11) is 0. The van der Waals surface area contributed by atoms with Crippen molar-refractivity contribution in [3.63, 3.8) is 0 Å². The first-order chi connectivity index (χ1) is 15.4. The van der Waals surface area contributed by atoms with Crippen molar-refractivity contribution in [2.24, 2.45) is 5.73 Å². The molecule has 8 nitrogen and oxygen atoms in total. The maximum absolute atomic E-state index is 12.4. The fraction of sp³-hybridized carbons (Fsp3) is 0.130. The van der Waals surface area contributed by atoms with Crippen LogP contribution in [0.1, 0.15) is 38.0 Å². The molecule has 0 saturated carbocycles. The molecule has 2 aromatic carbocycles. The molecule has 1 aromatic heterocycles. The second-order valence-corrected chi connectivity index (χ2v) is 7.56. The van der Waals surface area contributed by atoms with Crippen molar-refractivity contribution in [2.75, 3.05) is 18.5 Å². The van der Waals surface area contributed by atoms with E-state index in [0.717, 1.165) is 10.4 Å². The third-order valence-electron chi connectivity index (χ3n) is 4.26. The van der Waals surface area contributed by atoms with Gasteiger partial charge in [-0.2, -0.15) is 0 Å². The lowest BCUT2D eigenvalue weighted by molar-refractivity contribution is -0.119. The van der Waals surface area contributed by atoms with Crippen LogP contribution in [0.15, 0.2) is 60.7 Å². The van der Waals surface area contributed by atoms with Gasteiger partial charge in [0.2, 0.25) is 5.91 Å². The molecule has 0 radical (unpaired) electrons. The second kappa shape index (κ2) is 10.4. The Morgan fingerprint density at radius 2 is 1.62 bits per heavy atom. The molecule has 3 N–H and O–H groups in total. The van der Waals surface area contributed by atoms with Crippen molar-refractivity contribution in [2.45, 2.75) is 6.92 Å². The zero-order chi connectivity index (χ0) is 23.1. The first kappa shape index (κ1) is 22.7. The van der Waals surface area contributed by atoms with Gasteiger partial charge in [0.05, 0.1) is 17.7 Å². The third kappa shape index (κ3) is 5.58. The highest BCUT2D eigenvalue weighted by atomic mass is 32.1. The molecule has 0 atom stereocenters. The maximum atomic E-state index is 12.4. The highest BCUT2D eigenvalue weighted by Crippen LogP contribution is 2.35. The summed E-state index contributed by atoms with van der Waals surface area (Å²) in [6.07, 6.45) is 0. The average Bonchev–Trinajstić information content (AvgIpc) is 3.22. The normalized spacial score (nSPS) is 10.3. The summed E-state index contributed by atoms with van der Waals surface area (Å²) in [5.74, 6) is -2.67. The Balaban J connectivity index is 1.71. The monoisotopic (exact) mass is 452 g/mol. The van der Waals surface area contributed by atoms with Crippen LogP contribution in [-0.4, -0.2) is 37.0 Å². The number of benzene rings is 2. The van der Waals surface area contributed by atoms with Gasteiger partial charge in [-0.25, -0.2) is 9.59 Å². The van der Waals surface area contributed by atoms with Crippen molar-refractivity contribution in [3.8, 4) is 10.4 Å². The molecule has 0 spiro atoms. The van der Waals surface area contributed by atoms with Crippen LogP contribution in [0.5, 0.6) is 0 Å². The predicted octanol–water partition coefficient (Wildman–Crippen LogP) is 3.49. The van der Waals surface area contributed by atoms with E-state index in [1.54, 1.807) is 13.0 Å². The minimum absolute atomic E-state index is 0.0869. The van der Waals surface area contributed by atoms with Crippen molar-refractivity contribution in [1.29, 1.82) is 0 Å². The van der Waals surface area contributed by atoms with Crippen molar-refractivity contribution >= 4 is 40.1 Å². The SMILES string of the molecule is CCOC(=O)c1cc(-c2ccccc2)sc1NC(=O)COC(=O)c1cccc(C(N)=O)c1. The van der Waals surface area contributed by atoms with Gasteiger partial charge < -0.3 is 20.5 Å². The molecule has 0 aliphatic rings. The van der Waals surface area contributed by atoms with Crippen LogP contribution in [0.3, 0.4) is 0 Å². The summed E-state index contributed by atoms with van der Waals surface area (Å²) in [6.45, 7) is 1.29. The summed E-state index contributed by atoms with van der Waals surface area (Å²) >= 11 is 1.21. The second-order valence-electron chi connectivity index (χ2n) is 6.51. The first-order valence-electron chi connectivity index (χ1n) is 9.62. The number of carbonyl (C=O) groups excluding carboxylic acids is 4. The zero-order valence-electron chi connectivity index (χ0n) is 17.1. The van der Waals surface area contributed by atoms with E-state index < -0.39 is 30.4 Å². The van der Waals surface area contributed by atoms with Gasteiger partial charge in [0.1, 0.15) is 5.00 Å². The molecule has 0 bridgehead atoms. The van der Waals surface area contributed by atoms with Crippen LogP contribution in [0.2, 0.25) is 0 Å². The minimum Gasteiger partial charge on any atom is -0.462 e. The van der Waals surface area contributed by atoms with Gasteiger partial charge in [-0.05, 0) is 36.8 Å². The number of amides is 2. The van der Waals surface area contributed by atoms with Gasteiger partial charge >= 0.3 is 11.9 Å². The number of hydrogen-bond donors (Lipinski definition) is 2. The van der Waals surface area contributed by atoms with Crippen LogP contribution in [0.25, 0.3) is 10.4 Å². The fourth-order valence-corrected chi connectivity index (χ4v) is 3.83. The molecular weight excluding hydrogens is 432 g/mol. The van der Waals surface area contributed by atoms with E-state index in [0.29, 0.717) is 5.00 Å². The number of ether oxygens (including phenoxy) is 2. The van der Waals surface area contributed by atoms with Gasteiger partial charge in [0, 0.05) is 10.4 Å². The van der Waals surface area contributed by atoms with Gasteiger partial charge in [0.15, 0.2) is 6.61 Å². The lowest BCUT2D eigenvalue weighted by atomic mass is 10.1. The Bertz CT molecular complexity index is 1160. The Hall–Kier alpha value is -3.98. The minimum atomic E-state index is -0.787. The van der Waals surface area contributed by atoms with E-state index in [1.807, 2.05) is 30.3 Å². The number of nitrogens with one attached hydrogen (secondary N) is 1. The van der Waals surface area contributed by atoms with E-state index in [4.69, 9.17) is 15.2 Å². The smallest absolute Gasteiger partial charge is 0.341 e. The standard InChI is InChI=1S/C23H20N2O6S/c1-2-30-23(29)17-12-18(14-7-4-3-5-8-14)32-21(17)25-19(26)13-31-22(28)16-10-6-9-15(11-16)20(24)27/h3-12H,2,13H2,1H3,(H2,24,27)(H,25,26). The summed E-state index contributed by atoms with van der Waals surface area (Å²) in [6, 6.07) is 16.7. The number of carbonyl (C=O) groups is 4. The molecule has 32 heavy (non-hydrogen) atoms. The van der Waals surface area contributed by atoms with Crippen LogP contribution < -0.4 is 11.1 Å². The molecule has 0 aliphatic carbocycles. The Morgan fingerprint density at radius 1 is 0.906 bits per heavy atom. The van der Waals surface area contributed by atoms with E-state index in [1.165, 1.54) is 35.6 Å². The topological polar surface area (TPSA) is 125 Å².